The van der Waals surface area contributed by atoms with Crippen LogP contribution < -0.4 is 4.72 Å². The maximum absolute atomic E-state index is 12.6. The predicted molar refractivity (Wildman–Crippen MR) is 103 cm³/mol. The van der Waals surface area contributed by atoms with E-state index in [1.807, 2.05) is 25.1 Å². The van der Waals surface area contributed by atoms with Crippen LogP contribution in [-0.4, -0.2) is 46.2 Å². The van der Waals surface area contributed by atoms with Crippen LogP contribution in [0.5, 0.6) is 0 Å². The summed E-state index contributed by atoms with van der Waals surface area (Å²) in [5, 5.41) is 0.509. The number of halogens is 1. The van der Waals surface area contributed by atoms with Gasteiger partial charge in [-0.2, -0.15) is 0 Å². The van der Waals surface area contributed by atoms with Crippen molar-refractivity contribution in [2.75, 3.05) is 32.8 Å². The fourth-order valence-electron chi connectivity index (χ4n) is 3.11. The van der Waals surface area contributed by atoms with Gasteiger partial charge in [0, 0.05) is 30.7 Å². The average Bonchev–Trinajstić information content (AvgIpc) is 2.63. The van der Waals surface area contributed by atoms with Crippen molar-refractivity contribution < 1.29 is 13.2 Å². The third kappa shape index (κ3) is 4.84. The van der Waals surface area contributed by atoms with Crippen LogP contribution in [0.1, 0.15) is 17.2 Å². The van der Waals surface area contributed by atoms with Gasteiger partial charge in [0.2, 0.25) is 10.0 Å². The van der Waals surface area contributed by atoms with Crippen molar-refractivity contribution >= 4 is 21.6 Å². The molecule has 0 radical (unpaired) electrons. The molecule has 1 unspecified atom stereocenters. The molecule has 0 amide bonds. The molecule has 2 aromatic carbocycles. The molecular weight excluding hydrogens is 372 g/mol. The monoisotopic (exact) mass is 394 g/mol. The number of morpholine rings is 1. The number of rotatable bonds is 6. The standard InChI is InChI=1S/C19H23ClN2O3S/c1-15-3-2-4-16(13-15)19(22-9-11-25-12-10-22)14-21-26(23,24)18-7-5-17(20)6-8-18/h2-8,13,19,21H,9-12,14H2,1H3. The maximum Gasteiger partial charge on any atom is 0.240 e. The summed E-state index contributed by atoms with van der Waals surface area (Å²) in [5.74, 6) is 0. The molecule has 1 fully saturated rings. The lowest BCUT2D eigenvalue weighted by Gasteiger charge is -2.35. The molecule has 0 saturated carbocycles. The van der Waals surface area contributed by atoms with E-state index in [0.717, 1.165) is 24.2 Å². The van der Waals surface area contributed by atoms with Gasteiger partial charge in [-0.1, -0.05) is 41.4 Å². The van der Waals surface area contributed by atoms with Crippen LogP contribution in [-0.2, 0) is 14.8 Å². The number of benzene rings is 2. The molecule has 3 rings (SSSR count). The normalized spacial score (nSPS) is 17.2. The molecule has 26 heavy (non-hydrogen) atoms. The molecule has 0 aromatic heterocycles. The number of nitrogens with one attached hydrogen (secondary N) is 1. The molecule has 1 saturated heterocycles. The number of hydrogen-bond donors (Lipinski definition) is 1. The highest BCUT2D eigenvalue weighted by molar-refractivity contribution is 7.89. The minimum Gasteiger partial charge on any atom is -0.379 e. The first kappa shape index (κ1) is 19.3. The van der Waals surface area contributed by atoms with Crippen molar-refractivity contribution in [1.29, 1.82) is 0 Å². The highest BCUT2D eigenvalue weighted by Crippen LogP contribution is 2.23. The number of sulfonamides is 1. The molecular formula is C19H23ClN2O3S. The second-order valence-electron chi connectivity index (χ2n) is 6.38. The smallest absolute Gasteiger partial charge is 0.240 e. The predicted octanol–water partition coefficient (Wildman–Crippen LogP) is 3.00. The first-order valence-corrected chi connectivity index (χ1v) is 10.5. The van der Waals surface area contributed by atoms with E-state index in [9.17, 15) is 8.42 Å². The van der Waals surface area contributed by atoms with Gasteiger partial charge in [-0.3, -0.25) is 4.90 Å². The van der Waals surface area contributed by atoms with Gasteiger partial charge in [0.05, 0.1) is 18.1 Å². The minimum absolute atomic E-state index is 0.0409. The molecule has 0 bridgehead atoms. The van der Waals surface area contributed by atoms with Gasteiger partial charge in [0.15, 0.2) is 0 Å². The highest BCUT2D eigenvalue weighted by Gasteiger charge is 2.25. The van der Waals surface area contributed by atoms with Crippen molar-refractivity contribution in [3.05, 3.63) is 64.7 Å². The average molecular weight is 395 g/mol. The van der Waals surface area contributed by atoms with E-state index in [1.54, 1.807) is 12.1 Å². The fourth-order valence-corrected chi connectivity index (χ4v) is 4.27. The van der Waals surface area contributed by atoms with Crippen LogP contribution in [0.4, 0.5) is 0 Å². The van der Waals surface area contributed by atoms with Gasteiger partial charge in [-0.05, 0) is 36.8 Å². The minimum atomic E-state index is -3.60. The van der Waals surface area contributed by atoms with Crippen molar-refractivity contribution in [1.82, 2.24) is 9.62 Å². The molecule has 140 valence electrons. The van der Waals surface area contributed by atoms with Crippen LogP contribution in [0.3, 0.4) is 0 Å². The summed E-state index contributed by atoms with van der Waals surface area (Å²) in [4.78, 5) is 2.48. The Morgan fingerprint density at radius 2 is 1.85 bits per heavy atom. The van der Waals surface area contributed by atoms with Crippen molar-refractivity contribution in [3.63, 3.8) is 0 Å². The summed E-state index contributed by atoms with van der Waals surface area (Å²) in [6, 6.07) is 14.3. The summed E-state index contributed by atoms with van der Waals surface area (Å²) in [5.41, 5.74) is 2.26. The summed E-state index contributed by atoms with van der Waals surface area (Å²) in [6.07, 6.45) is 0. The van der Waals surface area contributed by atoms with Crippen LogP contribution in [0.2, 0.25) is 5.02 Å². The lowest BCUT2D eigenvalue weighted by Crippen LogP contribution is -2.43. The highest BCUT2D eigenvalue weighted by atomic mass is 35.5. The van der Waals surface area contributed by atoms with Crippen LogP contribution >= 0.6 is 11.6 Å². The van der Waals surface area contributed by atoms with Crippen LogP contribution in [0, 0.1) is 6.92 Å². The zero-order valence-corrected chi connectivity index (χ0v) is 16.3. The third-order valence-corrected chi connectivity index (χ3v) is 6.20. The molecule has 1 atom stereocenters. The van der Waals surface area contributed by atoms with Gasteiger partial charge in [-0.15, -0.1) is 0 Å². The fraction of sp³-hybridized carbons (Fsp3) is 0.368. The summed E-state index contributed by atoms with van der Waals surface area (Å²) in [6.45, 7) is 5.22. The maximum atomic E-state index is 12.6. The topological polar surface area (TPSA) is 58.6 Å². The zero-order valence-electron chi connectivity index (χ0n) is 14.7. The molecule has 1 N–H and O–H groups in total. The molecule has 7 heteroatoms. The quantitative estimate of drug-likeness (QED) is 0.818. The number of nitrogens with zero attached hydrogens (tertiary/aromatic N) is 1. The lowest BCUT2D eigenvalue weighted by molar-refractivity contribution is 0.0172. The number of hydrogen-bond acceptors (Lipinski definition) is 4. The molecule has 5 nitrogen and oxygen atoms in total. The van der Waals surface area contributed by atoms with Crippen molar-refractivity contribution in [2.45, 2.75) is 17.9 Å². The van der Waals surface area contributed by atoms with E-state index >= 15 is 0 Å². The van der Waals surface area contributed by atoms with E-state index in [4.69, 9.17) is 16.3 Å². The molecule has 0 spiro atoms. The van der Waals surface area contributed by atoms with Gasteiger partial charge in [0.1, 0.15) is 0 Å². The van der Waals surface area contributed by atoms with Crippen LogP contribution in [0.15, 0.2) is 53.4 Å². The lowest BCUT2D eigenvalue weighted by atomic mass is 10.0. The van der Waals surface area contributed by atoms with Gasteiger partial charge in [-0.25, -0.2) is 13.1 Å². The van der Waals surface area contributed by atoms with E-state index < -0.39 is 10.0 Å². The Morgan fingerprint density at radius 1 is 1.15 bits per heavy atom. The second-order valence-corrected chi connectivity index (χ2v) is 8.59. The Bertz CT molecular complexity index is 834. The summed E-state index contributed by atoms with van der Waals surface area (Å²) >= 11 is 5.85. The van der Waals surface area contributed by atoms with Crippen molar-refractivity contribution in [3.8, 4) is 0 Å². The van der Waals surface area contributed by atoms with E-state index in [-0.39, 0.29) is 10.9 Å². The Labute approximate surface area is 160 Å². The van der Waals surface area contributed by atoms with Gasteiger partial charge >= 0.3 is 0 Å². The second kappa shape index (κ2) is 8.50. The Balaban J connectivity index is 1.80. The van der Waals surface area contributed by atoms with Gasteiger partial charge in [0.25, 0.3) is 0 Å². The Morgan fingerprint density at radius 3 is 2.50 bits per heavy atom. The number of ether oxygens (including phenoxy) is 1. The zero-order chi connectivity index (χ0) is 18.6. The largest absolute Gasteiger partial charge is 0.379 e. The molecule has 1 aliphatic heterocycles. The Hall–Kier alpha value is -1.44. The number of aryl methyl sites for hydroxylation is 1. The molecule has 0 aliphatic carbocycles. The molecule has 1 aliphatic rings. The van der Waals surface area contributed by atoms with Gasteiger partial charge < -0.3 is 4.74 Å². The Kier molecular flexibility index (Phi) is 6.32. The van der Waals surface area contributed by atoms with Crippen LogP contribution in [0.25, 0.3) is 0 Å². The molecule has 2 aromatic rings. The van der Waals surface area contributed by atoms with E-state index in [2.05, 4.69) is 15.7 Å². The first-order valence-electron chi connectivity index (χ1n) is 8.59. The molecule has 1 heterocycles. The first-order chi connectivity index (χ1) is 12.5. The summed E-state index contributed by atoms with van der Waals surface area (Å²) in [7, 11) is -3.60. The van der Waals surface area contributed by atoms with E-state index in [1.165, 1.54) is 12.1 Å². The van der Waals surface area contributed by atoms with Crippen molar-refractivity contribution in [2.24, 2.45) is 0 Å². The van der Waals surface area contributed by atoms with E-state index in [0.29, 0.717) is 24.8 Å². The third-order valence-electron chi connectivity index (χ3n) is 4.50. The summed E-state index contributed by atoms with van der Waals surface area (Å²) < 4.78 is 33.5. The SMILES string of the molecule is Cc1cccc(C(CNS(=O)(=O)c2ccc(Cl)cc2)N2CCOCC2)c1.